The third-order valence-electron chi connectivity index (χ3n) is 5.61. The SMILES string of the molecule is CCc1c(C(=O)N2CC[C@@H]3CNC[C@@H]3CC2)cnn1-c1ccccn1.Cl.Cl. The molecule has 0 saturated carbocycles. The summed E-state index contributed by atoms with van der Waals surface area (Å²) < 4.78 is 1.80. The van der Waals surface area contributed by atoms with E-state index in [0.29, 0.717) is 0 Å². The molecule has 2 aliphatic rings. The minimum absolute atomic E-state index is 0. The number of pyridine rings is 1. The van der Waals surface area contributed by atoms with Crippen molar-refractivity contribution in [3.05, 3.63) is 41.9 Å². The number of amides is 1. The number of rotatable bonds is 3. The van der Waals surface area contributed by atoms with Gasteiger partial charge in [0.15, 0.2) is 5.82 Å². The molecule has 2 aromatic rings. The minimum atomic E-state index is 0. The molecule has 4 rings (SSSR count). The molecule has 0 aliphatic carbocycles. The Bertz CT molecular complexity index is 738. The van der Waals surface area contributed by atoms with Crippen molar-refractivity contribution in [3.63, 3.8) is 0 Å². The molecule has 0 aromatic carbocycles. The molecular weight excluding hydrogens is 385 g/mol. The summed E-state index contributed by atoms with van der Waals surface area (Å²) in [5.41, 5.74) is 1.66. The van der Waals surface area contributed by atoms with Crippen molar-refractivity contribution < 1.29 is 4.79 Å². The number of likely N-dealkylation sites (tertiary alicyclic amines) is 1. The van der Waals surface area contributed by atoms with Crippen LogP contribution in [0.25, 0.3) is 5.82 Å². The largest absolute Gasteiger partial charge is 0.339 e. The molecule has 4 heterocycles. The van der Waals surface area contributed by atoms with E-state index in [1.54, 1.807) is 17.1 Å². The summed E-state index contributed by atoms with van der Waals surface area (Å²) in [6.07, 6.45) is 6.40. The van der Waals surface area contributed by atoms with Crippen LogP contribution < -0.4 is 5.32 Å². The second-order valence-electron chi connectivity index (χ2n) is 7.01. The zero-order valence-electron chi connectivity index (χ0n) is 15.5. The van der Waals surface area contributed by atoms with Crippen LogP contribution in [0, 0.1) is 11.8 Å². The fourth-order valence-electron chi connectivity index (χ4n) is 4.16. The maximum atomic E-state index is 13.1. The van der Waals surface area contributed by atoms with E-state index < -0.39 is 0 Å². The van der Waals surface area contributed by atoms with Gasteiger partial charge in [0, 0.05) is 19.3 Å². The number of halogens is 2. The van der Waals surface area contributed by atoms with Crippen LogP contribution in [0.2, 0.25) is 0 Å². The zero-order chi connectivity index (χ0) is 17.2. The van der Waals surface area contributed by atoms with Crippen LogP contribution in [-0.2, 0) is 6.42 Å². The number of hydrogen-bond acceptors (Lipinski definition) is 4. The zero-order valence-corrected chi connectivity index (χ0v) is 17.1. The first kappa shape index (κ1) is 21.7. The summed E-state index contributed by atoms with van der Waals surface area (Å²) >= 11 is 0. The first-order chi connectivity index (χ1) is 12.3. The third-order valence-corrected chi connectivity index (χ3v) is 5.61. The smallest absolute Gasteiger partial charge is 0.257 e. The molecule has 2 atom stereocenters. The molecular formula is C19H27Cl2N5O. The number of carbonyl (C=O) groups is 1. The lowest BCUT2D eigenvalue weighted by Gasteiger charge is -2.21. The van der Waals surface area contributed by atoms with Crippen LogP contribution in [0.1, 0.15) is 35.8 Å². The second-order valence-corrected chi connectivity index (χ2v) is 7.01. The lowest BCUT2D eigenvalue weighted by atomic mass is 9.92. The highest BCUT2D eigenvalue weighted by atomic mass is 35.5. The van der Waals surface area contributed by atoms with Gasteiger partial charge in [-0.1, -0.05) is 13.0 Å². The molecule has 2 aliphatic heterocycles. The van der Waals surface area contributed by atoms with Gasteiger partial charge in [-0.3, -0.25) is 4.79 Å². The van der Waals surface area contributed by atoms with Gasteiger partial charge >= 0.3 is 0 Å². The summed E-state index contributed by atoms with van der Waals surface area (Å²) in [5, 5.41) is 7.93. The van der Waals surface area contributed by atoms with E-state index in [0.717, 1.165) is 74.4 Å². The normalized spacial score (nSPS) is 21.6. The highest BCUT2D eigenvalue weighted by Gasteiger charge is 2.32. The van der Waals surface area contributed by atoms with E-state index in [-0.39, 0.29) is 30.7 Å². The van der Waals surface area contributed by atoms with Gasteiger partial charge < -0.3 is 10.2 Å². The Morgan fingerprint density at radius 3 is 2.48 bits per heavy atom. The summed E-state index contributed by atoms with van der Waals surface area (Å²) in [4.78, 5) is 19.5. The molecule has 2 saturated heterocycles. The van der Waals surface area contributed by atoms with Crippen LogP contribution in [0.15, 0.2) is 30.6 Å². The van der Waals surface area contributed by atoms with E-state index >= 15 is 0 Å². The molecule has 2 aromatic heterocycles. The maximum absolute atomic E-state index is 13.1. The van der Waals surface area contributed by atoms with Gasteiger partial charge in [0.25, 0.3) is 5.91 Å². The van der Waals surface area contributed by atoms with Crippen LogP contribution in [0.5, 0.6) is 0 Å². The van der Waals surface area contributed by atoms with E-state index in [4.69, 9.17) is 0 Å². The molecule has 1 amide bonds. The molecule has 148 valence electrons. The summed E-state index contributed by atoms with van der Waals surface area (Å²) in [7, 11) is 0. The molecule has 2 fully saturated rings. The summed E-state index contributed by atoms with van der Waals surface area (Å²) in [6, 6.07) is 5.74. The van der Waals surface area contributed by atoms with Gasteiger partial charge in [-0.15, -0.1) is 24.8 Å². The van der Waals surface area contributed by atoms with Gasteiger partial charge in [-0.05, 0) is 56.3 Å². The van der Waals surface area contributed by atoms with Crippen molar-refractivity contribution >= 4 is 30.7 Å². The lowest BCUT2D eigenvalue weighted by Crippen LogP contribution is -2.33. The van der Waals surface area contributed by atoms with Gasteiger partial charge in [0.05, 0.1) is 17.5 Å². The fourth-order valence-corrected chi connectivity index (χ4v) is 4.16. The Morgan fingerprint density at radius 1 is 1.19 bits per heavy atom. The Kier molecular flexibility index (Phi) is 7.65. The standard InChI is InChI=1S/C19H25N5O.2ClH/c1-2-17-16(13-22-24(17)18-5-3-4-8-21-18)19(25)23-9-6-14-11-20-12-15(14)7-10-23;;/h3-5,8,13-15,20H,2,6-7,9-12H2,1H3;2*1H/t14-,15+;;. The highest BCUT2D eigenvalue weighted by Crippen LogP contribution is 2.28. The molecule has 0 bridgehead atoms. The number of nitrogens with one attached hydrogen (secondary N) is 1. The predicted octanol–water partition coefficient (Wildman–Crippen LogP) is 2.74. The first-order valence-corrected chi connectivity index (χ1v) is 9.26. The van der Waals surface area contributed by atoms with Crippen molar-refractivity contribution in [2.24, 2.45) is 11.8 Å². The Morgan fingerprint density at radius 2 is 1.89 bits per heavy atom. The number of carbonyl (C=O) groups excluding carboxylic acids is 1. The van der Waals surface area contributed by atoms with Gasteiger partial charge in [0.2, 0.25) is 0 Å². The van der Waals surface area contributed by atoms with Gasteiger partial charge in [0.1, 0.15) is 0 Å². The van der Waals surface area contributed by atoms with E-state index in [1.807, 2.05) is 23.1 Å². The number of aromatic nitrogens is 3. The third kappa shape index (κ3) is 4.28. The van der Waals surface area contributed by atoms with Gasteiger partial charge in [-0.25, -0.2) is 9.67 Å². The van der Waals surface area contributed by atoms with Crippen molar-refractivity contribution in [1.82, 2.24) is 25.0 Å². The molecule has 1 N–H and O–H groups in total. The number of hydrogen-bond donors (Lipinski definition) is 1. The lowest BCUT2D eigenvalue weighted by molar-refractivity contribution is 0.0757. The molecule has 0 unspecified atom stereocenters. The first-order valence-electron chi connectivity index (χ1n) is 9.26. The van der Waals surface area contributed by atoms with E-state index in [1.165, 1.54) is 0 Å². The maximum Gasteiger partial charge on any atom is 0.257 e. The predicted molar refractivity (Wildman–Crippen MR) is 110 cm³/mol. The number of fused-ring (bicyclic) bond motifs is 1. The number of nitrogens with zero attached hydrogens (tertiary/aromatic N) is 4. The van der Waals surface area contributed by atoms with Gasteiger partial charge in [-0.2, -0.15) is 5.10 Å². The Labute approximate surface area is 172 Å². The van der Waals surface area contributed by atoms with Crippen LogP contribution in [0.3, 0.4) is 0 Å². The molecule has 0 radical (unpaired) electrons. The Balaban J connectivity index is 0.00000131. The van der Waals surface area contributed by atoms with Crippen LogP contribution >= 0.6 is 24.8 Å². The topological polar surface area (TPSA) is 63.1 Å². The van der Waals surface area contributed by atoms with Crippen molar-refractivity contribution in [2.45, 2.75) is 26.2 Å². The van der Waals surface area contributed by atoms with Crippen molar-refractivity contribution in [1.29, 1.82) is 0 Å². The van der Waals surface area contributed by atoms with Crippen LogP contribution in [-0.4, -0.2) is 51.8 Å². The minimum Gasteiger partial charge on any atom is -0.339 e. The second kappa shape index (κ2) is 9.53. The summed E-state index contributed by atoms with van der Waals surface area (Å²) in [6.45, 7) is 5.96. The van der Waals surface area contributed by atoms with Crippen molar-refractivity contribution in [2.75, 3.05) is 26.2 Å². The highest BCUT2D eigenvalue weighted by molar-refractivity contribution is 5.95. The van der Waals surface area contributed by atoms with E-state index in [2.05, 4.69) is 22.3 Å². The molecule has 6 nitrogen and oxygen atoms in total. The average molecular weight is 412 g/mol. The van der Waals surface area contributed by atoms with E-state index in [9.17, 15) is 4.79 Å². The quantitative estimate of drug-likeness (QED) is 0.842. The Hall–Kier alpha value is -1.63. The van der Waals surface area contributed by atoms with Crippen molar-refractivity contribution in [3.8, 4) is 5.82 Å². The van der Waals surface area contributed by atoms with Crippen LogP contribution in [0.4, 0.5) is 0 Å². The monoisotopic (exact) mass is 411 g/mol. The fraction of sp³-hybridized carbons (Fsp3) is 0.526. The molecule has 0 spiro atoms. The summed E-state index contributed by atoms with van der Waals surface area (Å²) in [5.74, 6) is 2.32. The molecule has 27 heavy (non-hydrogen) atoms. The average Bonchev–Trinajstić information content (AvgIpc) is 3.24. The molecule has 8 heteroatoms.